The van der Waals surface area contributed by atoms with Gasteiger partial charge in [-0.3, -0.25) is 0 Å². The number of aromatic nitrogens is 2. The lowest BCUT2D eigenvalue weighted by Crippen LogP contribution is -2.28. The molecule has 5 rings (SSSR count). The van der Waals surface area contributed by atoms with Crippen LogP contribution in [-0.2, 0) is 0 Å². The highest BCUT2D eigenvalue weighted by Crippen LogP contribution is 2.51. The molecule has 1 aromatic carbocycles. The van der Waals surface area contributed by atoms with Gasteiger partial charge in [-0.1, -0.05) is 24.3 Å². The first kappa shape index (κ1) is 14.2. The van der Waals surface area contributed by atoms with Crippen LogP contribution in [0, 0.1) is 0 Å². The minimum Gasteiger partial charge on any atom is -0.395 e. The Morgan fingerprint density at radius 3 is 2.75 bits per heavy atom. The Kier molecular flexibility index (Phi) is 3.23. The zero-order chi connectivity index (χ0) is 16.1. The molecule has 2 heterocycles. The minimum atomic E-state index is 0.111. The van der Waals surface area contributed by atoms with E-state index in [4.69, 9.17) is 10.1 Å². The first-order valence-corrected chi connectivity index (χ1v) is 8.92. The van der Waals surface area contributed by atoms with E-state index in [1.165, 1.54) is 30.4 Å². The molecule has 0 amide bonds. The van der Waals surface area contributed by atoms with Crippen molar-refractivity contribution < 1.29 is 5.11 Å². The van der Waals surface area contributed by atoms with Gasteiger partial charge >= 0.3 is 0 Å². The van der Waals surface area contributed by atoms with Crippen molar-refractivity contribution in [3.05, 3.63) is 47.3 Å². The van der Waals surface area contributed by atoms with Gasteiger partial charge in [-0.25, -0.2) is 9.97 Å². The summed E-state index contributed by atoms with van der Waals surface area (Å²) in [6.45, 7) is 1.68. The third-order valence-electron chi connectivity index (χ3n) is 5.48. The topological polar surface area (TPSA) is 61.3 Å². The maximum absolute atomic E-state index is 9.08. The normalized spacial score (nSPS) is 24.3. The number of aliphatic hydroxyl groups excluding tert-OH is 1. The fourth-order valence-corrected chi connectivity index (χ4v) is 4.19. The van der Waals surface area contributed by atoms with Gasteiger partial charge in [0, 0.05) is 31.0 Å². The summed E-state index contributed by atoms with van der Waals surface area (Å²) in [5.41, 5.74) is 2.99. The Bertz CT molecular complexity index is 774. The highest BCUT2D eigenvalue weighted by Gasteiger charge is 2.43. The van der Waals surface area contributed by atoms with Gasteiger partial charge < -0.3 is 15.3 Å². The zero-order valence-electron chi connectivity index (χ0n) is 13.7. The molecule has 2 atom stereocenters. The van der Waals surface area contributed by atoms with Crippen LogP contribution in [0.2, 0.25) is 0 Å². The summed E-state index contributed by atoms with van der Waals surface area (Å²) < 4.78 is 0. The molecule has 2 aliphatic carbocycles. The molecule has 5 nitrogen and oxygen atoms in total. The predicted octanol–water partition coefficient (Wildman–Crippen LogP) is 2.81. The summed E-state index contributed by atoms with van der Waals surface area (Å²) in [7, 11) is 0. The third kappa shape index (κ3) is 2.26. The summed E-state index contributed by atoms with van der Waals surface area (Å²) in [5, 5.41) is 12.3. The quantitative estimate of drug-likeness (QED) is 0.886. The second-order valence-electron chi connectivity index (χ2n) is 7.12. The lowest BCUT2D eigenvalue weighted by Gasteiger charge is -2.30. The Morgan fingerprint density at radius 1 is 1.12 bits per heavy atom. The van der Waals surface area contributed by atoms with Gasteiger partial charge in [0.2, 0.25) is 0 Å². The first-order valence-electron chi connectivity index (χ1n) is 8.92. The number of benzene rings is 1. The highest BCUT2D eigenvalue weighted by molar-refractivity contribution is 5.57. The molecule has 2 fully saturated rings. The van der Waals surface area contributed by atoms with E-state index in [0.29, 0.717) is 24.4 Å². The number of nitrogens with one attached hydrogen (secondary N) is 1. The number of aliphatic hydroxyl groups is 1. The van der Waals surface area contributed by atoms with Crippen LogP contribution in [0.5, 0.6) is 0 Å². The lowest BCUT2D eigenvalue weighted by atomic mass is 9.99. The average Bonchev–Trinajstić information content (AvgIpc) is 3.30. The van der Waals surface area contributed by atoms with Gasteiger partial charge in [-0.05, 0) is 30.4 Å². The average molecular weight is 322 g/mol. The maximum Gasteiger partial charge on any atom is 0.136 e. The van der Waals surface area contributed by atoms with E-state index in [2.05, 4.69) is 39.5 Å². The monoisotopic (exact) mass is 322 g/mol. The van der Waals surface area contributed by atoms with E-state index < -0.39 is 0 Å². The van der Waals surface area contributed by atoms with E-state index in [1.807, 2.05) is 6.07 Å². The van der Waals surface area contributed by atoms with Gasteiger partial charge in [0.05, 0.1) is 12.6 Å². The Labute approximate surface area is 141 Å². The van der Waals surface area contributed by atoms with Crippen LogP contribution in [0.15, 0.2) is 30.3 Å². The molecule has 1 aromatic heterocycles. The van der Waals surface area contributed by atoms with E-state index in [0.717, 1.165) is 24.0 Å². The largest absolute Gasteiger partial charge is 0.395 e. The molecule has 2 bridgehead atoms. The van der Waals surface area contributed by atoms with E-state index in [-0.39, 0.29) is 6.61 Å². The molecule has 0 spiro atoms. The highest BCUT2D eigenvalue weighted by atomic mass is 16.3. The predicted molar refractivity (Wildman–Crippen MR) is 93.5 cm³/mol. The molecule has 0 unspecified atom stereocenters. The van der Waals surface area contributed by atoms with Crippen LogP contribution in [0.1, 0.15) is 54.1 Å². The first-order chi connectivity index (χ1) is 11.8. The van der Waals surface area contributed by atoms with Crippen LogP contribution >= 0.6 is 0 Å². The Morgan fingerprint density at radius 2 is 1.96 bits per heavy atom. The second-order valence-corrected chi connectivity index (χ2v) is 7.12. The number of anilines is 2. The Balaban J connectivity index is 1.50. The number of rotatable bonds is 5. The van der Waals surface area contributed by atoms with Crippen molar-refractivity contribution >= 4 is 11.6 Å². The summed E-state index contributed by atoms with van der Waals surface area (Å²) >= 11 is 0. The van der Waals surface area contributed by atoms with E-state index in [9.17, 15) is 0 Å². The van der Waals surface area contributed by atoms with Gasteiger partial charge in [-0.2, -0.15) is 0 Å². The standard InChI is InChI=1S/C19H22N4O/c24-8-7-20-17-10-18(22-19(21-17)12-5-6-12)23-11-13-9-16(23)15-4-2-1-3-14(13)15/h1-4,10,12-13,16,24H,5-9,11H2,(H,20,21,22)/t13-,16+/m1/s1. The van der Waals surface area contributed by atoms with Crippen molar-refractivity contribution in [2.24, 2.45) is 0 Å². The number of nitrogens with zero attached hydrogens (tertiary/aromatic N) is 3. The number of hydrogen-bond acceptors (Lipinski definition) is 5. The van der Waals surface area contributed by atoms with Crippen molar-refractivity contribution in [3.63, 3.8) is 0 Å². The van der Waals surface area contributed by atoms with Crippen LogP contribution in [0.3, 0.4) is 0 Å². The van der Waals surface area contributed by atoms with Crippen molar-refractivity contribution in [1.29, 1.82) is 0 Å². The summed E-state index contributed by atoms with van der Waals surface area (Å²) in [6, 6.07) is 11.3. The summed E-state index contributed by atoms with van der Waals surface area (Å²) in [6.07, 6.45) is 3.58. The zero-order valence-corrected chi connectivity index (χ0v) is 13.7. The molecule has 1 saturated heterocycles. The smallest absolute Gasteiger partial charge is 0.136 e. The number of fused-ring (bicyclic) bond motifs is 5. The Hall–Kier alpha value is -2.14. The molecule has 124 valence electrons. The van der Waals surface area contributed by atoms with E-state index >= 15 is 0 Å². The van der Waals surface area contributed by atoms with Gasteiger partial charge in [-0.15, -0.1) is 0 Å². The molecule has 2 aromatic rings. The van der Waals surface area contributed by atoms with Gasteiger partial charge in [0.15, 0.2) is 0 Å². The lowest BCUT2D eigenvalue weighted by molar-refractivity contribution is 0.311. The van der Waals surface area contributed by atoms with Crippen molar-refractivity contribution in [3.8, 4) is 0 Å². The van der Waals surface area contributed by atoms with Crippen molar-refractivity contribution in [2.45, 2.75) is 37.1 Å². The molecule has 5 heteroatoms. The molecule has 0 radical (unpaired) electrons. The maximum atomic E-state index is 9.08. The van der Waals surface area contributed by atoms with Crippen molar-refractivity contribution in [2.75, 3.05) is 29.9 Å². The molecular formula is C19H22N4O. The second kappa shape index (κ2) is 5.45. The number of hydrogen-bond donors (Lipinski definition) is 2. The fourth-order valence-electron chi connectivity index (χ4n) is 4.19. The summed E-state index contributed by atoms with van der Waals surface area (Å²) in [4.78, 5) is 12.0. The van der Waals surface area contributed by atoms with E-state index in [1.54, 1.807) is 0 Å². The van der Waals surface area contributed by atoms with Gasteiger partial charge in [0.1, 0.15) is 17.5 Å². The fraction of sp³-hybridized carbons (Fsp3) is 0.474. The van der Waals surface area contributed by atoms with Crippen LogP contribution in [0.4, 0.5) is 11.6 Å². The molecule has 24 heavy (non-hydrogen) atoms. The van der Waals surface area contributed by atoms with Crippen LogP contribution < -0.4 is 10.2 Å². The molecule has 1 saturated carbocycles. The SMILES string of the molecule is OCCNc1cc(N2C[C@H]3C[C@H]2c2ccccc23)nc(C2CC2)n1. The molecule has 3 aliphatic rings. The van der Waals surface area contributed by atoms with Crippen LogP contribution in [-0.4, -0.2) is 34.8 Å². The summed E-state index contributed by atoms with van der Waals surface area (Å²) in [5.74, 6) is 3.98. The molecule has 2 N–H and O–H groups in total. The third-order valence-corrected chi connectivity index (χ3v) is 5.48. The molecular weight excluding hydrogens is 300 g/mol. The van der Waals surface area contributed by atoms with Crippen LogP contribution in [0.25, 0.3) is 0 Å². The molecule has 1 aliphatic heterocycles. The minimum absolute atomic E-state index is 0.111. The van der Waals surface area contributed by atoms with Crippen molar-refractivity contribution in [1.82, 2.24) is 9.97 Å². The van der Waals surface area contributed by atoms with Gasteiger partial charge in [0.25, 0.3) is 0 Å².